The zero-order valence-corrected chi connectivity index (χ0v) is 8.73. The van der Waals surface area contributed by atoms with Crippen LogP contribution in [0.2, 0.25) is 5.02 Å². The molecule has 14 heavy (non-hydrogen) atoms. The van der Waals surface area contributed by atoms with E-state index in [1.807, 2.05) is 0 Å². The molecule has 1 rings (SSSR count). The zero-order chi connectivity index (χ0) is 10.6. The Labute approximate surface area is 92.1 Å². The van der Waals surface area contributed by atoms with Crippen molar-refractivity contribution in [2.75, 3.05) is 0 Å². The molecule has 0 heterocycles. The molecule has 70 valence electrons. The van der Waals surface area contributed by atoms with Gasteiger partial charge >= 0.3 is 0 Å². The van der Waals surface area contributed by atoms with Crippen molar-refractivity contribution in [3.05, 3.63) is 34.9 Å². The van der Waals surface area contributed by atoms with Gasteiger partial charge in [-0.25, -0.2) is 0 Å². The van der Waals surface area contributed by atoms with Gasteiger partial charge in [-0.15, -0.1) is 0 Å². The average Bonchev–Trinajstić information content (AvgIpc) is 2.18. The Morgan fingerprint density at radius 3 is 2.50 bits per heavy atom. The predicted octanol–water partition coefficient (Wildman–Crippen LogP) is 2.81. The Hall–Kier alpha value is -1.24. The van der Waals surface area contributed by atoms with E-state index in [1.54, 1.807) is 30.3 Å². The third-order valence-corrected chi connectivity index (χ3v) is 2.10. The quantitative estimate of drug-likeness (QED) is 0.585. The monoisotopic (exact) mass is 223 g/mol. The van der Waals surface area contributed by atoms with Gasteiger partial charge in [0.2, 0.25) is 0 Å². The van der Waals surface area contributed by atoms with E-state index in [4.69, 9.17) is 16.9 Å². The standard InChI is InChI=1S/C10H6ClNOS/c11-8-3-1-7(2-4-8)10(13)5-9(14)6-12/h1-4H,5H2. The molecule has 1 aromatic carbocycles. The van der Waals surface area contributed by atoms with Crippen LogP contribution in [0.5, 0.6) is 0 Å². The maximum Gasteiger partial charge on any atom is 0.168 e. The number of Topliss-reactive ketones (excluding diaryl/α,β-unsaturated/α-hetero) is 1. The predicted molar refractivity (Wildman–Crippen MR) is 58.6 cm³/mol. The van der Waals surface area contributed by atoms with E-state index < -0.39 is 0 Å². The lowest BCUT2D eigenvalue weighted by molar-refractivity contribution is 0.100. The van der Waals surface area contributed by atoms with Gasteiger partial charge in [0.15, 0.2) is 5.78 Å². The molecule has 0 aliphatic carbocycles. The molecular weight excluding hydrogens is 218 g/mol. The Morgan fingerprint density at radius 1 is 1.43 bits per heavy atom. The van der Waals surface area contributed by atoms with Crippen LogP contribution < -0.4 is 0 Å². The number of hydrogen-bond donors (Lipinski definition) is 0. The minimum atomic E-state index is -0.159. The van der Waals surface area contributed by atoms with Crippen molar-refractivity contribution in [3.63, 3.8) is 0 Å². The van der Waals surface area contributed by atoms with Gasteiger partial charge < -0.3 is 0 Å². The first kappa shape index (κ1) is 10.8. The van der Waals surface area contributed by atoms with Gasteiger partial charge in [-0.05, 0) is 24.3 Å². The van der Waals surface area contributed by atoms with Gasteiger partial charge in [-0.1, -0.05) is 23.8 Å². The second-order valence-corrected chi connectivity index (χ2v) is 3.57. The molecule has 2 nitrogen and oxygen atoms in total. The molecule has 1 aromatic rings. The number of benzene rings is 1. The highest BCUT2D eigenvalue weighted by Gasteiger charge is 2.07. The highest BCUT2D eigenvalue weighted by Crippen LogP contribution is 2.11. The summed E-state index contributed by atoms with van der Waals surface area (Å²) < 4.78 is 0. The van der Waals surface area contributed by atoms with Crippen molar-refractivity contribution < 1.29 is 4.79 Å². The summed E-state index contributed by atoms with van der Waals surface area (Å²) >= 11 is 10.3. The molecule has 0 saturated carbocycles. The van der Waals surface area contributed by atoms with Crippen LogP contribution in [0.25, 0.3) is 0 Å². The van der Waals surface area contributed by atoms with Gasteiger partial charge in [0.1, 0.15) is 6.07 Å². The zero-order valence-electron chi connectivity index (χ0n) is 7.16. The van der Waals surface area contributed by atoms with Gasteiger partial charge in [-0.3, -0.25) is 4.79 Å². The minimum Gasteiger partial charge on any atom is -0.294 e. The summed E-state index contributed by atoms with van der Waals surface area (Å²) in [6.45, 7) is 0. The van der Waals surface area contributed by atoms with Crippen molar-refractivity contribution in [2.24, 2.45) is 0 Å². The first-order valence-corrected chi connectivity index (χ1v) is 4.64. The van der Waals surface area contributed by atoms with Crippen LogP contribution in [0.4, 0.5) is 0 Å². The van der Waals surface area contributed by atoms with Gasteiger partial charge in [-0.2, -0.15) is 5.26 Å². The van der Waals surface area contributed by atoms with E-state index >= 15 is 0 Å². The van der Waals surface area contributed by atoms with Gasteiger partial charge in [0.25, 0.3) is 0 Å². The molecule has 0 aliphatic rings. The number of halogens is 1. The van der Waals surface area contributed by atoms with Crippen LogP contribution in [0.15, 0.2) is 24.3 Å². The molecular formula is C10H6ClNOS. The van der Waals surface area contributed by atoms with Crippen molar-refractivity contribution in [3.8, 4) is 6.07 Å². The smallest absolute Gasteiger partial charge is 0.168 e. The second kappa shape index (κ2) is 4.85. The van der Waals surface area contributed by atoms with Crippen molar-refractivity contribution in [1.29, 1.82) is 5.26 Å². The normalized spacial score (nSPS) is 9.14. The first-order valence-electron chi connectivity index (χ1n) is 3.85. The first-order chi connectivity index (χ1) is 6.63. The van der Waals surface area contributed by atoms with E-state index in [2.05, 4.69) is 12.2 Å². The fourth-order valence-corrected chi connectivity index (χ4v) is 1.18. The molecule has 0 amide bonds. The number of carbonyl (C=O) groups excluding carboxylic acids is 1. The van der Waals surface area contributed by atoms with Gasteiger partial charge in [0.05, 0.1) is 11.3 Å². The topological polar surface area (TPSA) is 40.9 Å². The molecule has 0 unspecified atom stereocenters. The molecule has 0 spiro atoms. The highest BCUT2D eigenvalue weighted by atomic mass is 35.5. The second-order valence-electron chi connectivity index (χ2n) is 2.64. The molecule has 0 bridgehead atoms. The molecule has 0 aromatic heterocycles. The summed E-state index contributed by atoms with van der Waals surface area (Å²) in [4.78, 5) is 11.5. The molecule has 0 atom stereocenters. The number of thiocarbonyl (C=S) groups is 1. The van der Waals surface area contributed by atoms with E-state index in [0.29, 0.717) is 10.6 Å². The minimum absolute atomic E-state index is 0.00648. The van der Waals surface area contributed by atoms with E-state index in [-0.39, 0.29) is 17.1 Å². The van der Waals surface area contributed by atoms with Crippen LogP contribution >= 0.6 is 23.8 Å². The number of nitrogens with zero attached hydrogens (tertiary/aromatic N) is 1. The van der Waals surface area contributed by atoms with Crippen molar-refractivity contribution in [1.82, 2.24) is 0 Å². The summed E-state index contributed by atoms with van der Waals surface area (Å²) in [5.74, 6) is -0.159. The number of ketones is 1. The Kier molecular flexibility index (Phi) is 3.75. The van der Waals surface area contributed by atoms with E-state index in [9.17, 15) is 4.79 Å². The van der Waals surface area contributed by atoms with Crippen molar-refractivity contribution >= 4 is 34.5 Å². The molecule has 0 saturated heterocycles. The van der Waals surface area contributed by atoms with Crippen LogP contribution in [-0.4, -0.2) is 10.6 Å². The third kappa shape index (κ3) is 2.91. The summed E-state index contributed by atoms with van der Waals surface area (Å²) in [7, 11) is 0. The maximum absolute atomic E-state index is 11.4. The highest BCUT2D eigenvalue weighted by molar-refractivity contribution is 7.81. The SMILES string of the molecule is N#CC(=S)CC(=O)c1ccc(Cl)cc1. The maximum atomic E-state index is 11.4. The average molecular weight is 224 g/mol. The van der Waals surface area contributed by atoms with Crippen LogP contribution in [0, 0.1) is 11.3 Å². The van der Waals surface area contributed by atoms with Crippen molar-refractivity contribution in [2.45, 2.75) is 6.42 Å². The van der Waals surface area contributed by atoms with E-state index in [0.717, 1.165) is 0 Å². The van der Waals surface area contributed by atoms with Gasteiger partial charge in [0, 0.05) is 10.6 Å². The molecule has 0 radical (unpaired) electrons. The number of nitriles is 1. The van der Waals surface area contributed by atoms with E-state index in [1.165, 1.54) is 0 Å². The molecule has 4 heteroatoms. The lowest BCUT2D eigenvalue weighted by Crippen LogP contribution is -2.04. The molecule has 0 fully saturated rings. The summed E-state index contributed by atoms with van der Waals surface area (Å²) in [5, 5.41) is 8.98. The van der Waals surface area contributed by atoms with Crippen LogP contribution in [0.1, 0.15) is 16.8 Å². The van der Waals surface area contributed by atoms with Crippen LogP contribution in [-0.2, 0) is 0 Å². The lowest BCUT2D eigenvalue weighted by Gasteiger charge is -1.97. The fourth-order valence-electron chi connectivity index (χ4n) is 0.923. The van der Waals surface area contributed by atoms with Crippen LogP contribution in [0.3, 0.4) is 0 Å². The number of carbonyl (C=O) groups is 1. The molecule has 0 aliphatic heterocycles. The summed E-state index contributed by atoms with van der Waals surface area (Å²) in [6.07, 6.45) is -0.00648. The molecule has 0 N–H and O–H groups in total. The Balaban J connectivity index is 2.76. The third-order valence-electron chi connectivity index (χ3n) is 1.61. The number of rotatable bonds is 3. The largest absolute Gasteiger partial charge is 0.294 e. The fraction of sp³-hybridized carbons (Fsp3) is 0.100. The summed E-state index contributed by atoms with van der Waals surface area (Å²) in [6, 6.07) is 8.25. The number of hydrogen-bond acceptors (Lipinski definition) is 3. The Bertz CT molecular complexity index is 405. The lowest BCUT2D eigenvalue weighted by atomic mass is 10.1. The Morgan fingerprint density at radius 2 is 2.00 bits per heavy atom. The summed E-state index contributed by atoms with van der Waals surface area (Å²) in [5.41, 5.74) is 0.520.